The van der Waals surface area contributed by atoms with Gasteiger partial charge in [-0.1, -0.05) is 6.08 Å². The zero-order chi connectivity index (χ0) is 18.1. The zero-order valence-corrected chi connectivity index (χ0v) is 12.9. The summed E-state index contributed by atoms with van der Waals surface area (Å²) in [6.07, 6.45) is 1.43. The molecule has 2 aromatic carbocycles. The van der Waals surface area contributed by atoms with Gasteiger partial charge < -0.3 is 5.32 Å². The number of benzene rings is 2. The molecule has 2 aromatic rings. The van der Waals surface area contributed by atoms with E-state index < -0.39 is 29.4 Å². The predicted octanol–water partition coefficient (Wildman–Crippen LogP) is 3.00. The van der Waals surface area contributed by atoms with E-state index >= 15 is 0 Å². The Bertz CT molecular complexity index is 925. The summed E-state index contributed by atoms with van der Waals surface area (Å²) in [5, 5.41) is 2.41. The first-order valence-electron chi connectivity index (χ1n) is 7.30. The molecular weight excluding hydrogens is 330 g/mol. The van der Waals surface area contributed by atoms with Gasteiger partial charge in [0.05, 0.1) is 11.1 Å². The standard InChI is InChI=1S/C18H12F2N2O3/c1-2-7-22-17(24)12-5-3-10(8-13(12)18(22)25)16(23)21-11-4-6-14(19)15(20)9-11/h2-6,8-9H,1,7H2,(H,21,23). The molecule has 0 atom stereocenters. The van der Waals surface area contributed by atoms with Crippen LogP contribution in [0.25, 0.3) is 0 Å². The van der Waals surface area contributed by atoms with Gasteiger partial charge >= 0.3 is 0 Å². The SMILES string of the molecule is C=CCN1C(=O)c2ccc(C(=O)Nc3ccc(F)c(F)c3)cc2C1=O. The monoisotopic (exact) mass is 342 g/mol. The number of amides is 3. The van der Waals surface area contributed by atoms with Gasteiger partial charge in [-0.2, -0.15) is 0 Å². The van der Waals surface area contributed by atoms with Crippen molar-refractivity contribution in [1.29, 1.82) is 0 Å². The summed E-state index contributed by atoms with van der Waals surface area (Å²) in [4.78, 5) is 37.6. The third kappa shape index (κ3) is 2.91. The van der Waals surface area contributed by atoms with Crippen LogP contribution in [-0.2, 0) is 0 Å². The van der Waals surface area contributed by atoms with Gasteiger partial charge in [0.25, 0.3) is 17.7 Å². The molecular formula is C18H12F2N2O3. The average molecular weight is 342 g/mol. The maximum Gasteiger partial charge on any atom is 0.261 e. The summed E-state index contributed by atoms with van der Waals surface area (Å²) in [5.74, 6) is -3.69. The Balaban J connectivity index is 1.86. The summed E-state index contributed by atoms with van der Waals surface area (Å²) in [5.41, 5.74) is 0.506. The molecule has 0 fully saturated rings. The fourth-order valence-electron chi connectivity index (χ4n) is 2.50. The molecule has 25 heavy (non-hydrogen) atoms. The van der Waals surface area contributed by atoms with Crippen LogP contribution in [0.2, 0.25) is 0 Å². The molecule has 3 rings (SSSR count). The molecule has 1 aliphatic rings. The Morgan fingerprint density at radius 2 is 1.76 bits per heavy atom. The van der Waals surface area contributed by atoms with Gasteiger partial charge in [-0.3, -0.25) is 19.3 Å². The van der Waals surface area contributed by atoms with Crippen LogP contribution in [0.1, 0.15) is 31.1 Å². The maximum absolute atomic E-state index is 13.2. The lowest BCUT2D eigenvalue weighted by Crippen LogP contribution is -2.29. The quantitative estimate of drug-likeness (QED) is 0.686. The number of hydrogen-bond donors (Lipinski definition) is 1. The Morgan fingerprint density at radius 1 is 1.04 bits per heavy atom. The third-order valence-electron chi connectivity index (χ3n) is 3.72. The van der Waals surface area contributed by atoms with Crippen LogP contribution in [0.4, 0.5) is 14.5 Å². The van der Waals surface area contributed by atoms with Crippen LogP contribution in [0.15, 0.2) is 49.1 Å². The van der Waals surface area contributed by atoms with Crippen LogP contribution in [0.5, 0.6) is 0 Å². The van der Waals surface area contributed by atoms with E-state index in [1.54, 1.807) is 0 Å². The fourth-order valence-corrected chi connectivity index (χ4v) is 2.50. The van der Waals surface area contributed by atoms with Crippen molar-refractivity contribution < 1.29 is 23.2 Å². The number of imide groups is 1. The molecule has 0 unspecified atom stereocenters. The molecule has 1 heterocycles. The first-order valence-corrected chi connectivity index (χ1v) is 7.30. The van der Waals surface area contributed by atoms with E-state index in [1.807, 2.05) is 0 Å². The number of rotatable bonds is 4. The van der Waals surface area contributed by atoms with E-state index in [4.69, 9.17) is 0 Å². The van der Waals surface area contributed by atoms with E-state index in [0.29, 0.717) is 0 Å². The smallest absolute Gasteiger partial charge is 0.261 e. The Kier molecular flexibility index (Phi) is 4.14. The van der Waals surface area contributed by atoms with Gasteiger partial charge in [0, 0.05) is 23.9 Å². The number of hydrogen-bond acceptors (Lipinski definition) is 3. The van der Waals surface area contributed by atoms with Crippen molar-refractivity contribution in [3.8, 4) is 0 Å². The fraction of sp³-hybridized carbons (Fsp3) is 0.0556. The molecule has 1 aliphatic heterocycles. The van der Waals surface area contributed by atoms with Crippen molar-refractivity contribution in [1.82, 2.24) is 4.90 Å². The van der Waals surface area contributed by atoms with Gasteiger partial charge in [0.15, 0.2) is 11.6 Å². The van der Waals surface area contributed by atoms with E-state index in [9.17, 15) is 23.2 Å². The Labute approximate surface area is 141 Å². The van der Waals surface area contributed by atoms with Crippen molar-refractivity contribution in [2.45, 2.75) is 0 Å². The molecule has 0 bridgehead atoms. The van der Waals surface area contributed by atoms with Gasteiger partial charge in [-0.25, -0.2) is 8.78 Å². The van der Waals surface area contributed by atoms with Crippen molar-refractivity contribution in [2.24, 2.45) is 0 Å². The summed E-state index contributed by atoms with van der Waals surface area (Å²) in [6, 6.07) is 7.03. The molecule has 1 N–H and O–H groups in total. The van der Waals surface area contributed by atoms with E-state index in [0.717, 1.165) is 17.0 Å². The molecule has 0 aromatic heterocycles. The minimum atomic E-state index is -1.09. The average Bonchev–Trinajstić information content (AvgIpc) is 2.83. The molecule has 5 nitrogen and oxygen atoms in total. The van der Waals surface area contributed by atoms with Crippen molar-refractivity contribution in [2.75, 3.05) is 11.9 Å². The largest absolute Gasteiger partial charge is 0.322 e. The van der Waals surface area contributed by atoms with Gasteiger partial charge in [-0.05, 0) is 30.3 Å². The molecule has 0 saturated carbocycles. The topological polar surface area (TPSA) is 66.5 Å². The molecule has 3 amide bonds. The normalized spacial score (nSPS) is 13.0. The zero-order valence-electron chi connectivity index (χ0n) is 12.9. The number of carbonyl (C=O) groups excluding carboxylic acids is 3. The highest BCUT2D eigenvalue weighted by Gasteiger charge is 2.35. The van der Waals surface area contributed by atoms with Crippen LogP contribution in [0.3, 0.4) is 0 Å². The summed E-state index contributed by atoms with van der Waals surface area (Å²) < 4.78 is 26.1. The van der Waals surface area contributed by atoms with Crippen molar-refractivity contribution in [3.63, 3.8) is 0 Å². The Morgan fingerprint density at radius 3 is 2.44 bits per heavy atom. The van der Waals surface area contributed by atoms with Crippen LogP contribution < -0.4 is 5.32 Å². The molecule has 0 radical (unpaired) electrons. The first-order chi connectivity index (χ1) is 11.9. The van der Waals surface area contributed by atoms with E-state index in [2.05, 4.69) is 11.9 Å². The predicted molar refractivity (Wildman–Crippen MR) is 86.3 cm³/mol. The number of nitrogens with one attached hydrogen (secondary N) is 1. The lowest BCUT2D eigenvalue weighted by molar-refractivity contribution is 0.0672. The highest BCUT2D eigenvalue weighted by Crippen LogP contribution is 2.24. The number of carbonyl (C=O) groups is 3. The lowest BCUT2D eigenvalue weighted by atomic mass is 10.1. The van der Waals surface area contributed by atoms with Gasteiger partial charge in [-0.15, -0.1) is 6.58 Å². The molecule has 0 aliphatic carbocycles. The third-order valence-corrected chi connectivity index (χ3v) is 3.72. The van der Waals surface area contributed by atoms with Crippen molar-refractivity contribution in [3.05, 3.63) is 77.4 Å². The number of fused-ring (bicyclic) bond motifs is 1. The van der Waals surface area contributed by atoms with Gasteiger partial charge in [0.1, 0.15) is 0 Å². The minimum absolute atomic E-state index is 0.0695. The van der Waals surface area contributed by atoms with Crippen molar-refractivity contribution >= 4 is 23.4 Å². The van der Waals surface area contributed by atoms with Crippen LogP contribution >= 0.6 is 0 Å². The number of nitrogens with zero attached hydrogens (tertiary/aromatic N) is 1. The molecule has 0 saturated heterocycles. The first kappa shape index (κ1) is 16.5. The highest BCUT2D eigenvalue weighted by atomic mass is 19.2. The summed E-state index contributed by atoms with van der Waals surface area (Å²) in [7, 11) is 0. The number of halogens is 2. The molecule has 126 valence electrons. The number of anilines is 1. The van der Waals surface area contributed by atoms with Crippen LogP contribution in [-0.4, -0.2) is 29.2 Å². The highest BCUT2D eigenvalue weighted by molar-refractivity contribution is 6.22. The second-order valence-electron chi connectivity index (χ2n) is 5.35. The maximum atomic E-state index is 13.2. The lowest BCUT2D eigenvalue weighted by Gasteiger charge is -2.09. The van der Waals surface area contributed by atoms with E-state index in [1.165, 1.54) is 30.3 Å². The second-order valence-corrected chi connectivity index (χ2v) is 5.35. The van der Waals surface area contributed by atoms with Crippen LogP contribution in [0, 0.1) is 11.6 Å². The summed E-state index contributed by atoms with van der Waals surface area (Å²) in [6.45, 7) is 3.57. The molecule has 0 spiro atoms. The van der Waals surface area contributed by atoms with E-state index in [-0.39, 0.29) is 28.9 Å². The van der Waals surface area contributed by atoms with Gasteiger partial charge in [0.2, 0.25) is 0 Å². The Hall–Kier alpha value is -3.35. The second kappa shape index (κ2) is 6.27. The summed E-state index contributed by atoms with van der Waals surface area (Å²) >= 11 is 0. The molecule has 7 heteroatoms. The minimum Gasteiger partial charge on any atom is -0.322 e.